The summed E-state index contributed by atoms with van der Waals surface area (Å²) in [5.74, 6) is 2.57. The number of aliphatic hydroxyl groups is 3. The topological polar surface area (TPSA) is 60.7 Å². The third-order valence-corrected chi connectivity index (χ3v) is 8.61. The van der Waals surface area contributed by atoms with Gasteiger partial charge in [-0.25, -0.2) is 0 Å². The first-order valence-corrected chi connectivity index (χ1v) is 9.40. The minimum absolute atomic E-state index is 0.0715. The summed E-state index contributed by atoms with van der Waals surface area (Å²) in [5.41, 5.74) is 0.305. The van der Waals surface area contributed by atoms with Crippen molar-refractivity contribution < 1.29 is 15.3 Å². The lowest BCUT2D eigenvalue weighted by molar-refractivity contribution is -0.135. The molecule has 9 atom stereocenters. The van der Waals surface area contributed by atoms with Crippen LogP contribution in [0.4, 0.5) is 0 Å². The second-order valence-corrected chi connectivity index (χ2v) is 9.38. The molecule has 0 aromatic heterocycles. The SMILES string of the molecule is C[C@]12CC[C@H](O)C[C@@H]1CC[C@@H]1[C@H]2CC[C@]2(C)[C@H](O)[C@H](O)C[C@@H]12. The van der Waals surface area contributed by atoms with E-state index in [2.05, 4.69) is 13.8 Å². The first-order chi connectivity index (χ1) is 10.4. The minimum atomic E-state index is -0.530. The molecule has 0 aromatic rings. The van der Waals surface area contributed by atoms with Gasteiger partial charge in [0, 0.05) is 0 Å². The summed E-state index contributed by atoms with van der Waals surface area (Å²) >= 11 is 0. The lowest BCUT2D eigenvalue weighted by Gasteiger charge is -2.60. The molecule has 22 heavy (non-hydrogen) atoms. The molecule has 126 valence electrons. The van der Waals surface area contributed by atoms with Crippen molar-refractivity contribution in [1.29, 1.82) is 0 Å². The van der Waals surface area contributed by atoms with Gasteiger partial charge in [-0.1, -0.05) is 13.8 Å². The van der Waals surface area contributed by atoms with E-state index in [0.717, 1.165) is 38.0 Å². The van der Waals surface area contributed by atoms with Crippen LogP contribution < -0.4 is 0 Å². The molecule has 0 heterocycles. The summed E-state index contributed by atoms with van der Waals surface area (Å²) in [6.07, 6.45) is 7.49. The smallest absolute Gasteiger partial charge is 0.0855 e. The Morgan fingerprint density at radius 3 is 2.27 bits per heavy atom. The summed E-state index contributed by atoms with van der Waals surface area (Å²) in [5, 5.41) is 30.8. The van der Waals surface area contributed by atoms with Gasteiger partial charge in [-0.3, -0.25) is 0 Å². The van der Waals surface area contributed by atoms with E-state index in [-0.39, 0.29) is 11.5 Å². The van der Waals surface area contributed by atoms with E-state index in [0.29, 0.717) is 23.2 Å². The second-order valence-electron chi connectivity index (χ2n) is 9.38. The number of rotatable bonds is 0. The highest BCUT2D eigenvalue weighted by atomic mass is 16.3. The molecule has 3 heteroatoms. The van der Waals surface area contributed by atoms with E-state index in [9.17, 15) is 15.3 Å². The van der Waals surface area contributed by atoms with E-state index < -0.39 is 12.2 Å². The largest absolute Gasteiger partial charge is 0.393 e. The van der Waals surface area contributed by atoms with Crippen LogP contribution >= 0.6 is 0 Å². The third-order valence-electron chi connectivity index (χ3n) is 8.61. The van der Waals surface area contributed by atoms with Gasteiger partial charge >= 0.3 is 0 Å². The molecule has 0 aliphatic heterocycles. The Labute approximate surface area is 134 Å². The lowest BCUT2D eigenvalue weighted by Crippen LogP contribution is -2.54. The van der Waals surface area contributed by atoms with Crippen molar-refractivity contribution in [1.82, 2.24) is 0 Å². The Morgan fingerprint density at radius 2 is 1.50 bits per heavy atom. The molecule has 3 nitrogen and oxygen atoms in total. The number of hydrogen-bond donors (Lipinski definition) is 3. The highest BCUT2D eigenvalue weighted by Gasteiger charge is 2.61. The van der Waals surface area contributed by atoms with Crippen molar-refractivity contribution in [3.05, 3.63) is 0 Å². The molecule has 0 bridgehead atoms. The van der Waals surface area contributed by atoms with Crippen LogP contribution in [0, 0.1) is 34.5 Å². The zero-order valence-corrected chi connectivity index (χ0v) is 14.0. The molecule has 4 aliphatic rings. The summed E-state index contributed by atoms with van der Waals surface area (Å²) in [7, 11) is 0. The van der Waals surface area contributed by atoms with Crippen LogP contribution in [0.1, 0.15) is 65.2 Å². The summed E-state index contributed by atoms with van der Waals surface area (Å²) in [6, 6.07) is 0. The molecule has 4 aliphatic carbocycles. The molecule has 4 fully saturated rings. The molecule has 0 unspecified atom stereocenters. The normalized spacial score (nSPS) is 61.2. The quantitative estimate of drug-likeness (QED) is 0.645. The van der Waals surface area contributed by atoms with Crippen LogP contribution in [-0.2, 0) is 0 Å². The molecule has 0 aromatic carbocycles. The van der Waals surface area contributed by atoms with Crippen molar-refractivity contribution >= 4 is 0 Å². The van der Waals surface area contributed by atoms with Gasteiger partial charge in [-0.05, 0) is 85.9 Å². The first-order valence-electron chi connectivity index (χ1n) is 9.40. The van der Waals surface area contributed by atoms with Crippen LogP contribution in [0.25, 0.3) is 0 Å². The Kier molecular flexibility index (Phi) is 3.46. The van der Waals surface area contributed by atoms with Crippen molar-refractivity contribution in [3.63, 3.8) is 0 Å². The van der Waals surface area contributed by atoms with Crippen LogP contribution in [0.5, 0.6) is 0 Å². The molecule has 4 rings (SSSR count). The third kappa shape index (κ3) is 1.91. The van der Waals surface area contributed by atoms with Crippen molar-refractivity contribution in [2.24, 2.45) is 34.5 Å². The molecule has 0 saturated heterocycles. The van der Waals surface area contributed by atoms with E-state index in [4.69, 9.17) is 0 Å². The van der Waals surface area contributed by atoms with Gasteiger partial charge in [0.1, 0.15) is 0 Å². The first kappa shape index (κ1) is 15.4. The summed E-state index contributed by atoms with van der Waals surface area (Å²) < 4.78 is 0. The predicted molar refractivity (Wildman–Crippen MR) is 85.1 cm³/mol. The van der Waals surface area contributed by atoms with Gasteiger partial charge in [-0.15, -0.1) is 0 Å². The second kappa shape index (κ2) is 4.94. The lowest BCUT2D eigenvalue weighted by atomic mass is 9.45. The van der Waals surface area contributed by atoms with Crippen molar-refractivity contribution in [2.75, 3.05) is 0 Å². The average Bonchev–Trinajstić information content (AvgIpc) is 2.72. The van der Waals surface area contributed by atoms with Gasteiger partial charge < -0.3 is 15.3 Å². The van der Waals surface area contributed by atoms with Gasteiger partial charge in [0.25, 0.3) is 0 Å². The maximum atomic E-state index is 10.5. The van der Waals surface area contributed by atoms with Crippen LogP contribution in [0.2, 0.25) is 0 Å². The Hall–Kier alpha value is -0.120. The molecule has 3 N–H and O–H groups in total. The fourth-order valence-electron chi connectivity index (χ4n) is 7.22. The van der Waals surface area contributed by atoms with Gasteiger partial charge in [0.05, 0.1) is 18.3 Å². The van der Waals surface area contributed by atoms with E-state index in [1.165, 1.54) is 19.3 Å². The molecular formula is C19H32O3. The van der Waals surface area contributed by atoms with Crippen LogP contribution in [-0.4, -0.2) is 33.6 Å². The summed E-state index contributed by atoms with van der Waals surface area (Å²) in [6.45, 7) is 4.69. The van der Waals surface area contributed by atoms with Crippen LogP contribution in [0.15, 0.2) is 0 Å². The van der Waals surface area contributed by atoms with E-state index in [1.807, 2.05) is 0 Å². The Morgan fingerprint density at radius 1 is 0.773 bits per heavy atom. The number of fused-ring (bicyclic) bond motifs is 5. The maximum absolute atomic E-state index is 10.5. The highest BCUT2D eigenvalue weighted by Crippen LogP contribution is 2.66. The predicted octanol–water partition coefficient (Wildman–Crippen LogP) is 2.72. The van der Waals surface area contributed by atoms with Gasteiger partial charge in [-0.2, -0.15) is 0 Å². The van der Waals surface area contributed by atoms with Crippen molar-refractivity contribution in [2.45, 2.75) is 83.5 Å². The van der Waals surface area contributed by atoms with E-state index in [1.54, 1.807) is 0 Å². The molecule has 0 radical (unpaired) electrons. The highest BCUT2D eigenvalue weighted by molar-refractivity contribution is 5.11. The zero-order valence-electron chi connectivity index (χ0n) is 14.0. The Balaban J connectivity index is 1.63. The van der Waals surface area contributed by atoms with E-state index >= 15 is 0 Å². The zero-order chi connectivity index (χ0) is 15.7. The standard InChI is InChI=1S/C19H32O3/c1-18-7-5-12(20)9-11(18)3-4-13-14(18)6-8-19(2)15(13)10-16(21)17(19)22/h11-17,20-22H,3-10H2,1-2H3/t11-,12-,13+,14+,15-,16+,17+,18-,19-/m0/s1. The number of aliphatic hydroxyl groups excluding tert-OH is 3. The molecule has 0 spiro atoms. The minimum Gasteiger partial charge on any atom is -0.393 e. The average molecular weight is 308 g/mol. The fourth-order valence-corrected chi connectivity index (χ4v) is 7.22. The monoisotopic (exact) mass is 308 g/mol. The maximum Gasteiger partial charge on any atom is 0.0855 e. The molecule has 0 amide bonds. The Bertz CT molecular complexity index is 452. The van der Waals surface area contributed by atoms with Crippen LogP contribution in [0.3, 0.4) is 0 Å². The number of hydrogen-bond acceptors (Lipinski definition) is 3. The van der Waals surface area contributed by atoms with Gasteiger partial charge in [0.15, 0.2) is 0 Å². The van der Waals surface area contributed by atoms with Crippen molar-refractivity contribution in [3.8, 4) is 0 Å². The van der Waals surface area contributed by atoms with Gasteiger partial charge in [0.2, 0.25) is 0 Å². The summed E-state index contributed by atoms with van der Waals surface area (Å²) in [4.78, 5) is 0. The fraction of sp³-hybridized carbons (Fsp3) is 1.00. The molecular weight excluding hydrogens is 276 g/mol. The molecule has 4 saturated carbocycles.